The minimum Gasteiger partial charge on any atom is -0.493 e. The molecule has 4 rings (SSSR count). The Kier molecular flexibility index (Phi) is 7.15. The van der Waals surface area contributed by atoms with Crippen LogP contribution in [0.25, 0.3) is 0 Å². The van der Waals surface area contributed by atoms with Crippen LogP contribution in [0.2, 0.25) is 0 Å². The van der Waals surface area contributed by atoms with Gasteiger partial charge >= 0.3 is 11.9 Å². The summed E-state index contributed by atoms with van der Waals surface area (Å²) in [5.74, 6) is 17.0. The Morgan fingerprint density at radius 3 is 0.868 bits per heavy atom. The van der Waals surface area contributed by atoms with Crippen molar-refractivity contribution >= 4 is 11.9 Å². The molecule has 0 saturated heterocycles. The number of carboxylic acids is 2. The van der Waals surface area contributed by atoms with E-state index in [1.807, 2.05) is 0 Å². The summed E-state index contributed by atoms with van der Waals surface area (Å²) in [6.07, 6.45) is 0. The van der Waals surface area contributed by atoms with Gasteiger partial charge in [0.25, 0.3) is 0 Å². The van der Waals surface area contributed by atoms with Crippen LogP contribution in [0.4, 0.5) is 0 Å². The van der Waals surface area contributed by atoms with E-state index in [1.54, 1.807) is 24.3 Å². The summed E-state index contributed by atoms with van der Waals surface area (Å²) >= 11 is 0. The lowest BCUT2D eigenvalue weighted by Crippen LogP contribution is -2.09. The van der Waals surface area contributed by atoms with E-state index in [0.29, 0.717) is 45.3 Å². The van der Waals surface area contributed by atoms with Crippen molar-refractivity contribution in [3.05, 3.63) is 80.9 Å². The molecule has 0 aliphatic heterocycles. The van der Waals surface area contributed by atoms with Gasteiger partial charge in [0.15, 0.2) is 23.0 Å². The molecule has 3 aromatic carbocycles. The molecule has 0 fully saturated rings. The molecule has 0 bridgehead atoms. The van der Waals surface area contributed by atoms with Gasteiger partial charge in [-0.15, -0.1) is 0 Å². The summed E-state index contributed by atoms with van der Waals surface area (Å²) in [6.45, 7) is 0. The van der Waals surface area contributed by atoms with E-state index in [0.717, 1.165) is 0 Å². The molecule has 0 aromatic heterocycles. The molecule has 0 amide bonds. The van der Waals surface area contributed by atoms with Gasteiger partial charge in [0.2, 0.25) is 0 Å². The van der Waals surface area contributed by atoms with Gasteiger partial charge in [-0.05, 0) is 12.1 Å². The summed E-state index contributed by atoms with van der Waals surface area (Å²) in [5.41, 5.74) is 1.66. The minimum atomic E-state index is -1.40. The second-order valence-corrected chi connectivity index (χ2v) is 7.81. The van der Waals surface area contributed by atoms with E-state index < -0.39 is 23.1 Å². The molecule has 38 heavy (non-hydrogen) atoms. The summed E-state index contributed by atoms with van der Waals surface area (Å²) in [6, 6.07) is 9.10. The summed E-state index contributed by atoms with van der Waals surface area (Å²) in [4.78, 5) is 23.6. The average Bonchev–Trinajstić information content (AvgIpc) is 2.92. The smallest absolute Gasteiger partial charge is 0.336 e. The maximum Gasteiger partial charge on any atom is 0.336 e. The van der Waals surface area contributed by atoms with Gasteiger partial charge in [-0.25, -0.2) is 9.59 Å². The molecule has 3 aromatic rings. The van der Waals surface area contributed by atoms with E-state index in [4.69, 9.17) is 18.9 Å². The van der Waals surface area contributed by atoms with Crippen molar-refractivity contribution in [2.75, 3.05) is 28.4 Å². The van der Waals surface area contributed by atoms with Crippen molar-refractivity contribution in [2.45, 2.75) is 0 Å². The van der Waals surface area contributed by atoms with Crippen molar-refractivity contribution in [3.8, 4) is 58.5 Å². The lowest BCUT2D eigenvalue weighted by Gasteiger charge is -2.11. The number of benzene rings is 3. The molecule has 8 nitrogen and oxygen atoms in total. The third kappa shape index (κ3) is 4.91. The van der Waals surface area contributed by atoms with Crippen molar-refractivity contribution in [3.63, 3.8) is 0 Å². The van der Waals surface area contributed by atoms with Gasteiger partial charge in [-0.2, -0.15) is 0 Å². The van der Waals surface area contributed by atoms with Gasteiger partial charge in [0, 0.05) is 57.6 Å². The Bertz CT molecular complexity index is 1560. The molecule has 8 heteroatoms. The second-order valence-electron chi connectivity index (χ2n) is 7.81. The van der Waals surface area contributed by atoms with Crippen molar-refractivity contribution in [1.82, 2.24) is 0 Å². The lowest BCUT2D eigenvalue weighted by molar-refractivity contribution is 0.0651. The maximum atomic E-state index is 11.8. The van der Waals surface area contributed by atoms with Gasteiger partial charge in [0.1, 0.15) is 0 Å². The number of hydrogen-bond acceptors (Lipinski definition) is 6. The number of fused-ring (bicyclic) bond motifs is 3. The Balaban J connectivity index is 2.12. The lowest BCUT2D eigenvalue weighted by atomic mass is 9.96. The fraction of sp³-hybridized carbons (Fsp3) is 0.133. The first-order valence-corrected chi connectivity index (χ1v) is 11.0. The molecule has 2 N–H and O–H groups in total. The zero-order chi connectivity index (χ0) is 27.4. The van der Waals surface area contributed by atoms with Crippen LogP contribution in [0.1, 0.15) is 54.1 Å². The van der Waals surface area contributed by atoms with Gasteiger partial charge < -0.3 is 29.2 Å². The van der Waals surface area contributed by atoms with Crippen LogP contribution in [0, 0.1) is 35.5 Å². The predicted octanol–water partition coefficient (Wildman–Crippen LogP) is 3.63. The topological polar surface area (TPSA) is 112 Å². The normalized spacial score (nSPS) is 10.5. The van der Waals surface area contributed by atoms with Crippen LogP contribution in [0.15, 0.2) is 36.4 Å². The zero-order valence-corrected chi connectivity index (χ0v) is 20.8. The minimum absolute atomic E-state index is 0.233. The van der Waals surface area contributed by atoms with E-state index in [-0.39, 0.29) is 11.1 Å². The van der Waals surface area contributed by atoms with E-state index in [2.05, 4.69) is 35.5 Å². The molecular weight excluding hydrogens is 488 g/mol. The van der Waals surface area contributed by atoms with Gasteiger partial charge in [0.05, 0.1) is 39.6 Å². The molecule has 0 radical (unpaired) electrons. The molecule has 188 valence electrons. The maximum absolute atomic E-state index is 11.8. The standard InChI is InChI=1S/C30H20O8/c1-35-25-13-19-7-5-17-11-23(29(31)32)24(30(33)34)12-18(17)6-8-20-14-26(36-2)28(38-4)16-22(20)10-9-21(19)15-27(25)37-3/h11-16H,1-4H3,(H,31,32)(H,33,34). The molecule has 0 heterocycles. The van der Waals surface area contributed by atoms with Crippen LogP contribution in [-0.4, -0.2) is 50.6 Å². The largest absolute Gasteiger partial charge is 0.493 e. The predicted molar refractivity (Wildman–Crippen MR) is 137 cm³/mol. The summed E-state index contributed by atoms with van der Waals surface area (Å²) < 4.78 is 21.7. The average molecular weight is 508 g/mol. The van der Waals surface area contributed by atoms with Crippen molar-refractivity contribution in [1.29, 1.82) is 0 Å². The molecule has 0 spiro atoms. The molecule has 1 aliphatic rings. The monoisotopic (exact) mass is 508 g/mol. The third-order valence-corrected chi connectivity index (χ3v) is 5.66. The van der Waals surface area contributed by atoms with Crippen LogP contribution in [0.5, 0.6) is 23.0 Å². The SMILES string of the molecule is COc1cc2c(cc1OC)C#Cc1cc(C(=O)O)c(C(=O)O)cc1C#Cc1cc(OC)c(OC)cc1C#C2. The first-order chi connectivity index (χ1) is 18.3. The van der Waals surface area contributed by atoms with Crippen LogP contribution in [0.3, 0.4) is 0 Å². The van der Waals surface area contributed by atoms with Crippen molar-refractivity contribution in [2.24, 2.45) is 0 Å². The molecule has 0 saturated carbocycles. The van der Waals surface area contributed by atoms with E-state index in [1.165, 1.54) is 40.6 Å². The number of aromatic carboxylic acids is 2. The third-order valence-electron chi connectivity index (χ3n) is 5.66. The highest BCUT2D eigenvalue weighted by Crippen LogP contribution is 2.32. The van der Waals surface area contributed by atoms with Gasteiger partial charge in [-0.3, -0.25) is 0 Å². The Morgan fingerprint density at radius 2 is 0.684 bits per heavy atom. The number of carboxylic acid groups (broad SMARTS) is 2. The van der Waals surface area contributed by atoms with E-state index >= 15 is 0 Å². The quantitative estimate of drug-likeness (QED) is 0.380. The number of methoxy groups -OCH3 is 4. The highest BCUT2D eigenvalue weighted by Gasteiger charge is 2.19. The second kappa shape index (κ2) is 10.6. The summed E-state index contributed by atoms with van der Waals surface area (Å²) in [5, 5.41) is 19.2. The number of carbonyl (C=O) groups is 2. The molecule has 0 unspecified atom stereocenters. The first-order valence-electron chi connectivity index (χ1n) is 11.0. The Morgan fingerprint density at radius 1 is 0.474 bits per heavy atom. The number of hydrogen-bond donors (Lipinski definition) is 2. The van der Waals surface area contributed by atoms with E-state index in [9.17, 15) is 19.8 Å². The Labute approximate surface area is 218 Å². The zero-order valence-electron chi connectivity index (χ0n) is 20.8. The highest BCUT2D eigenvalue weighted by atomic mass is 16.5. The summed E-state index contributed by atoms with van der Waals surface area (Å²) in [7, 11) is 5.99. The number of ether oxygens (including phenoxy) is 4. The fourth-order valence-electron chi connectivity index (χ4n) is 3.74. The fourth-order valence-corrected chi connectivity index (χ4v) is 3.74. The molecule has 0 atom stereocenters. The van der Waals surface area contributed by atoms with Crippen LogP contribution < -0.4 is 18.9 Å². The highest BCUT2D eigenvalue weighted by molar-refractivity contribution is 6.02. The number of rotatable bonds is 6. The van der Waals surface area contributed by atoms with Gasteiger partial charge in [-0.1, -0.05) is 35.5 Å². The Hall–Kier alpha value is -5.52. The van der Waals surface area contributed by atoms with Crippen LogP contribution >= 0.6 is 0 Å². The van der Waals surface area contributed by atoms with Crippen molar-refractivity contribution < 1.29 is 38.7 Å². The molecular formula is C30H20O8. The first kappa shape index (κ1) is 25.6. The molecule has 1 aliphatic carbocycles. The van der Waals surface area contributed by atoms with Crippen LogP contribution in [-0.2, 0) is 0 Å².